The van der Waals surface area contributed by atoms with Crippen LogP contribution in [-0.4, -0.2) is 26.4 Å². The summed E-state index contributed by atoms with van der Waals surface area (Å²) in [7, 11) is 0. The van der Waals surface area contributed by atoms with Crippen molar-refractivity contribution in [1.29, 1.82) is 0 Å². The van der Waals surface area contributed by atoms with E-state index in [9.17, 15) is 9.18 Å². The molecule has 0 saturated carbocycles. The van der Waals surface area contributed by atoms with Crippen molar-refractivity contribution in [3.8, 4) is 5.75 Å². The van der Waals surface area contributed by atoms with Gasteiger partial charge in [0, 0.05) is 13.1 Å². The first kappa shape index (κ1) is 20.9. The van der Waals surface area contributed by atoms with Crippen LogP contribution in [0.4, 0.5) is 4.39 Å². The van der Waals surface area contributed by atoms with Crippen LogP contribution >= 0.6 is 11.8 Å². The van der Waals surface area contributed by atoms with Gasteiger partial charge in [-0.3, -0.25) is 4.79 Å². The van der Waals surface area contributed by atoms with Crippen molar-refractivity contribution in [3.05, 3.63) is 71.8 Å². The fourth-order valence-corrected chi connectivity index (χ4v) is 3.59. The summed E-state index contributed by atoms with van der Waals surface area (Å²) in [5, 5.41) is 12.0. The van der Waals surface area contributed by atoms with Crippen molar-refractivity contribution in [3.63, 3.8) is 0 Å². The van der Waals surface area contributed by atoms with Gasteiger partial charge in [-0.15, -0.1) is 10.2 Å². The molecule has 1 atom stereocenters. The molecule has 0 radical (unpaired) electrons. The van der Waals surface area contributed by atoms with E-state index in [0.29, 0.717) is 29.8 Å². The van der Waals surface area contributed by atoms with E-state index >= 15 is 0 Å². The van der Waals surface area contributed by atoms with Crippen molar-refractivity contribution in [2.75, 3.05) is 5.75 Å². The maximum atomic E-state index is 13.1. The fourth-order valence-electron chi connectivity index (χ4n) is 2.75. The van der Waals surface area contributed by atoms with E-state index in [2.05, 4.69) is 15.5 Å². The van der Waals surface area contributed by atoms with Gasteiger partial charge in [0.05, 0.1) is 5.75 Å². The molecular formula is C21H23FN4O2S. The summed E-state index contributed by atoms with van der Waals surface area (Å²) < 4.78 is 20.8. The molecule has 29 heavy (non-hydrogen) atoms. The minimum absolute atomic E-state index is 0.0679. The molecule has 8 heteroatoms. The van der Waals surface area contributed by atoms with Crippen LogP contribution in [0.1, 0.15) is 31.3 Å². The maximum absolute atomic E-state index is 13.1. The Kier molecular flexibility index (Phi) is 7.24. The molecule has 2 aromatic carbocycles. The van der Waals surface area contributed by atoms with Crippen molar-refractivity contribution in [2.24, 2.45) is 0 Å². The Hall–Kier alpha value is -2.87. The highest BCUT2D eigenvalue weighted by Gasteiger charge is 2.19. The second kappa shape index (κ2) is 10.1. The highest BCUT2D eigenvalue weighted by atomic mass is 32.2. The predicted molar refractivity (Wildman–Crippen MR) is 110 cm³/mol. The van der Waals surface area contributed by atoms with Crippen molar-refractivity contribution in [1.82, 2.24) is 20.1 Å². The highest BCUT2D eigenvalue weighted by Crippen LogP contribution is 2.24. The van der Waals surface area contributed by atoms with Gasteiger partial charge in [0.1, 0.15) is 11.6 Å². The standard InChI is InChI=1S/C21H23FN4O2S/c1-3-26-20(15(2)28-18-11-9-17(22)10-12-18)24-25-21(26)29-14-19(27)23-13-16-7-5-4-6-8-16/h4-12,15H,3,13-14H2,1-2H3,(H,23,27). The normalized spacial score (nSPS) is 11.8. The molecule has 0 aliphatic heterocycles. The molecule has 1 amide bonds. The van der Waals surface area contributed by atoms with Crippen molar-refractivity contribution >= 4 is 17.7 Å². The number of hydrogen-bond donors (Lipinski definition) is 1. The molecule has 1 aromatic heterocycles. The van der Waals surface area contributed by atoms with E-state index in [0.717, 1.165) is 5.56 Å². The molecular weight excluding hydrogens is 391 g/mol. The number of rotatable bonds is 9. The van der Waals surface area contributed by atoms with Gasteiger partial charge in [0.2, 0.25) is 5.91 Å². The van der Waals surface area contributed by atoms with E-state index in [1.807, 2.05) is 48.7 Å². The van der Waals surface area contributed by atoms with Crippen LogP contribution < -0.4 is 10.1 Å². The average molecular weight is 415 g/mol. The molecule has 1 N–H and O–H groups in total. The molecule has 152 valence electrons. The number of halogens is 1. The smallest absolute Gasteiger partial charge is 0.230 e. The average Bonchev–Trinajstić information content (AvgIpc) is 3.16. The Morgan fingerprint density at radius 1 is 1.17 bits per heavy atom. The minimum Gasteiger partial charge on any atom is -0.483 e. The Labute approximate surface area is 173 Å². The summed E-state index contributed by atoms with van der Waals surface area (Å²) >= 11 is 1.33. The second-order valence-corrected chi connectivity index (χ2v) is 7.29. The molecule has 0 spiro atoms. The zero-order valence-electron chi connectivity index (χ0n) is 16.3. The van der Waals surface area contributed by atoms with Gasteiger partial charge in [-0.2, -0.15) is 0 Å². The third-order valence-corrected chi connectivity index (χ3v) is 5.18. The number of aromatic nitrogens is 3. The van der Waals surface area contributed by atoms with Crippen LogP contribution in [0.3, 0.4) is 0 Å². The third-order valence-electron chi connectivity index (χ3n) is 4.22. The van der Waals surface area contributed by atoms with Crippen molar-refractivity contribution < 1.29 is 13.9 Å². The quantitative estimate of drug-likeness (QED) is 0.536. The van der Waals surface area contributed by atoms with E-state index in [4.69, 9.17) is 4.74 Å². The fraction of sp³-hybridized carbons (Fsp3) is 0.286. The predicted octanol–water partition coefficient (Wildman–Crippen LogP) is 3.99. The Bertz CT molecular complexity index is 932. The van der Waals surface area contributed by atoms with Crippen LogP contribution in [0.5, 0.6) is 5.75 Å². The lowest BCUT2D eigenvalue weighted by molar-refractivity contribution is -0.118. The summed E-state index contributed by atoms with van der Waals surface area (Å²) in [6.45, 7) is 4.99. The Balaban J connectivity index is 1.57. The van der Waals surface area contributed by atoms with E-state index in [-0.39, 0.29) is 23.6 Å². The molecule has 3 aromatic rings. The first-order valence-electron chi connectivity index (χ1n) is 9.35. The number of carbonyl (C=O) groups is 1. The van der Waals surface area contributed by atoms with Gasteiger partial charge in [0.15, 0.2) is 17.1 Å². The minimum atomic E-state index is -0.367. The molecule has 6 nitrogen and oxygen atoms in total. The number of amides is 1. The highest BCUT2D eigenvalue weighted by molar-refractivity contribution is 7.99. The van der Waals surface area contributed by atoms with Gasteiger partial charge >= 0.3 is 0 Å². The molecule has 0 fully saturated rings. The molecule has 0 saturated heterocycles. The number of ether oxygens (including phenoxy) is 1. The number of nitrogens with zero attached hydrogens (tertiary/aromatic N) is 3. The molecule has 0 aliphatic carbocycles. The van der Waals surface area contributed by atoms with E-state index in [1.165, 1.54) is 23.9 Å². The molecule has 1 unspecified atom stereocenters. The number of benzene rings is 2. The van der Waals surface area contributed by atoms with E-state index in [1.54, 1.807) is 12.1 Å². The number of thioether (sulfide) groups is 1. The second-order valence-electron chi connectivity index (χ2n) is 6.35. The lowest BCUT2D eigenvalue weighted by Gasteiger charge is -2.15. The van der Waals surface area contributed by atoms with Crippen LogP contribution in [0.15, 0.2) is 59.8 Å². The molecule has 0 bridgehead atoms. The SMILES string of the molecule is CCn1c(SCC(=O)NCc2ccccc2)nnc1C(C)Oc1ccc(F)cc1. The zero-order valence-corrected chi connectivity index (χ0v) is 17.2. The van der Waals surface area contributed by atoms with Gasteiger partial charge in [0.25, 0.3) is 0 Å². The lowest BCUT2D eigenvalue weighted by Crippen LogP contribution is -2.24. The van der Waals surface area contributed by atoms with Gasteiger partial charge < -0.3 is 14.6 Å². The van der Waals surface area contributed by atoms with Crippen LogP contribution in [0.2, 0.25) is 0 Å². The van der Waals surface area contributed by atoms with Gasteiger partial charge in [-0.1, -0.05) is 42.1 Å². The number of carbonyl (C=O) groups excluding carboxylic acids is 1. The van der Waals surface area contributed by atoms with Gasteiger partial charge in [-0.25, -0.2) is 4.39 Å². The monoisotopic (exact) mass is 414 g/mol. The summed E-state index contributed by atoms with van der Waals surface area (Å²) in [5.74, 6) is 1.08. The molecule has 3 rings (SSSR count). The van der Waals surface area contributed by atoms with Crippen LogP contribution in [0.25, 0.3) is 0 Å². The Morgan fingerprint density at radius 3 is 2.59 bits per heavy atom. The third kappa shape index (κ3) is 5.80. The summed E-state index contributed by atoms with van der Waals surface area (Å²) in [6.07, 6.45) is -0.367. The largest absolute Gasteiger partial charge is 0.483 e. The summed E-state index contributed by atoms with van der Waals surface area (Å²) in [5.41, 5.74) is 1.05. The van der Waals surface area contributed by atoms with Crippen molar-refractivity contribution in [2.45, 2.75) is 38.2 Å². The topological polar surface area (TPSA) is 69.0 Å². The maximum Gasteiger partial charge on any atom is 0.230 e. The van der Waals surface area contributed by atoms with E-state index < -0.39 is 0 Å². The molecule has 0 aliphatic rings. The Morgan fingerprint density at radius 2 is 1.90 bits per heavy atom. The van der Waals surface area contributed by atoms with Crippen LogP contribution in [-0.2, 0) is 17.9 Å². The first-order chi connectivity index (χ1) is 14.1. The summed E-state index contributed by atoms with van der Waals surface area (Å²) in [6, 6.07) is 15.6. The lowest BCUT2D eigenvalue weighted by atomic mass is 10.2. The number of nitrogens with one attached hydrogen (secondary N) is 1. The van der Waals surface area contributed by atoms with Crippen LogP contribution in [0, 0.1) is 5.82 Å². The van der Waals surface area contributed by atoms with Gasteiger partial charge in [-0.05, 0) is 43.7 Å². The zero-order chi connectivity index (χ0) is 20.6. The summed E-state index contributed by atoms with van der Waals surface area (Å²) in [4.78, 5) is 12.2. The molecule has 1 heterocycles. The number of hydrogen-bond acceptors (Lipinski definition) is 5. The first-order valence-corrected chi connectivity index (χ1v) is 10.3.